The van der Waals surface area contributed by atoms with E-state index in [1.54, 1.807) is 41.5 Å². The molecule has 0 aromatic rings. The second-order valence-electron chi connectivity index (χ2n) is 6.94. The smallest absolute Gasteiger partial charge is 0.417 e. The first kappa shape index (κ1) is 17.4. The maximum absolute atomic E-state index is 13.6. The number of esters is 1. The van der Waals surface area contributed by atoms with E-state index < -0.39 is 47.8 Å². The van der Waals surface area contributed by atoms with Crippen molar-refractivity contribution in [2.75, 3.05) is 0 Å². The van der Waals surface area contributed by atoms with E-state index in [4.69, 9.17) is 9.47 Å². The van der Waals surface area contributed by atoms with E-state index in [9.17, 15) is 18.8 Å². The zero-order valence-corrected chi connectivity index (χ0v) is 13.2. The minimum Gasteiger partial charge on any atom is -0.458 e. The number of alkyl halides is 1. The summed E-state index contributed by atoms with van der Waals surface area (Å²) >= 11 is 0. The molecule has 120 valence electrons. The Hall–Kier alpha value is -1.66. The summed E-state index contributed by atoms with van der Waals surface area (Å²) in [4.78, 5) is 36.3. The Morgan fingerprint density at radius 2 is 1.57 bits per heavy atom. The van der Waals surface area contributed by atoms with Crippen molar-refractivity contribution in [2.45, 2.75) is 71.4 Å². The Labute approximate surface area is 123 Å². The van der Waals surface area contributed by atoms with Gasteiger partial charge in [-0.2, -0.15) is 0 Å². The zero-order chi connectivity index (χ0) is 16.6. The molecule has 6 nitrogen and oxygen atoms in total. The van der Waals surface area contributed by atoms with Gasteiger partial charge in [-0.3, -0.25) is 4.79 Å². The first-order chi connectivity index (χ1) is 9.32. The summed E-state index contributed by atoms with van der Waals surface area (Å²) in [5, 5.41) is 0. The molecule has 1 aliphatic heterocycles. The van der Waals surface area contributed by atoms with Crippen molar-refractivity contribution >= 4 is 18.0 Å². The number of amides is 2. The van der Waals surface area contributed by atoms with Crippen LogP contribution >= 0.6 is 0 Å². The minimum absolute atomic E-state index is 0.410. The number of nitrogens with zero attached hydrogens (tertiary/aromatic N) is 1. The number of hydrogen-bond donors (Lipinski definition) is 0. The Kier molecular flexibility index (Phi) is 4.65. The van der Waals surface area contributed by atoms with Crippen LogP contribution in [0.1, 0.15) is 48.0 Å². The lowest BCUT2D eigenvalue weighted by atomic mass is 10.1. The molecule has 0 bridgehead atoms. The van der Waals surface area contributed by atoms with Gasteiger partial charge in [0.15, 0.2) is 6.17 Å². The van der Waals surface area contributed by atoms with Crippen LogP contribution in [-0.4, -0.2) is 46.3 Å². The van der Waals surface area contributed by atoms with Gasteiger partial charge in [-0.05, 0) is 41.5 Å². The lowest BCUT2D eigenvalue weighted by Crippen LogP contribution is -2.47. The first-order valence-electron chi connectivity index (χ1n) is 6.75. The molecule has 0 unspecified atom stereocenters. The van der Waals surface area contributed by atoms with Crippen LogP contribution in [0.3, 0.4) is 0 Å². The van der Waals surface area contributed by atoms with Gasteiger partial charge in [0.1, 0.15) is 17.2 Å². The maximum Gasteiger partial charge on any atom is 0.417 e. The largest absolute Gasteiger partial charge is 0.458 e. The third-order valence-electron chi connectivity index (χ3n) is 2.52. The van der Waals surface area contributed by atoms with Gasteiger partial charge in [0.2, 0.25) is 0 Å². The summed E-state index contributed by atoms with van der Waals surface area (Å²) in [6, 6.07) is -1.29. The number of hydrogen-bond acceptors (Lipinski definition) is 5. The molecule has 0 saturated carbocycles. The van der Waals surface area contributed by atoms with Crippen molar-refractivity contribution in [3.05, 3.63) is 0 Å². The fraction of sp³-hybridized carbons (Fsp3) is 0.786. The van der Waals surface area contributed by atoms with Crippen LogP contribution in [-0.2, 0) is 19.1 Å². The van der Waals surface area contributed by atoms with E-state index in [0.29, 0.717) is 4.90 Å². The van der Waals surface area contributed by atoms with Crippen molar-refractivity contribution in [3.63, 3.8) is 0 Å². The van der Waals surface area contributed by atoms with Gasteiger partial charge >= 0.3 is 12.1 Å². The lowest BCUT2D eigenvalue weighted by molar-refractivity contribution is -0.161. The summed E-state index contributed by atoms with van der Waals surface area (Å²) in [6.07, 6.45) is -3.36. The predicted molar refractivity (Wildman–Crippen MR) is 72.2 cm³/mol. The van der Waals surface area contributed by atoms with Gasteiger partial charge in [-0.25, -0.2) is 18.9 Å². The molecule has 1 saturated heterocycles. The van der Waals surface area contributed by atoms with E-state index in [-0.39, 0.29) is 0 Å². The summed E-state index contributed by atoms with van der Waals surface area (Å²) in [7, 11) is 0. The highest BCUT2D eigenvalue weighted by atomic mass is 19.1. The van der Waals surface area contributed by atoms with Crippen LogP contribution in [0, 0.1) is 0 Å². The molecule has 1 aliphatic rings. The lowest BCUT2D eigenvalue weighted by Gasteiger charge is -2.28. The molecule has 0 spiro atoms. The van der Waals surface area contributed by atoms with Gasteiger partial charge in [-0.15, -0.1) is 0 Å². The van der Waals surface area contributed by atoms with Gasteiger partial charge in [0.05, 0.1) is 0 Å². The van der Waals surface area contributed by atoms with Crippen molar-refractivity contribution in [1.29, 1.82) is 0 Å². The van der Waals surface area contributed by atoms with Crippen molar-refractivity contribution in [1.82, 2.24) is 4.90 Å². The molecule has 2 amide bonds. The zero-order valence-electron chi connectivity index (χ0n) is 13.2. The highest BCUT2D eigenvalue weighted by Crippen LogP contribution is 2.26. The molecule has 0 N–H and O–H groups in total. The Morgan fingerprint density at radius 3 is 2.00 bits per heavy atom. The third-order valence-corrected chi connectivity index (χ3v) is 2.52. The second-order valence-corrected chi connectivity index (χ2v) is 6.94. The molecular formula is C14H22FNO5. The van der Waals surface area contributed by atoms with Gasteiger partial charge in [0, 0.05) is 6.42 Å². The quantitative estimate of drug-likeness (QED) is 0.694. The number of ether oxygens (including phenoxy) is 2. The predicted octanol–water partition coefficient (Wildman–Crippen LogP) is 2.20. The van der Waals surface area contributed by atoms with E-state index in [1.165, 1.54) is 0 Å². The molecule has 1 rings (SSSR count). The van der Waals surface area contributed by atoms with E-state index in [0.717, 1.165) is 0 Å². The number of imide groups is 1. The van der Waals surface area contributed by atoms with Crippen molar-refractivity contribution in [3.8, 4) is 0 Å². The molecule has 1 fully saturated rings. The average Bonchev–Trinajstić information content (AvgIpc) is 2.50. The maximum atomic E-state index is 13.6. The fourth-order valence-corrected chi connectivity index (χ4v) is 1.81. The van der Waals surface area contributed by atoms with Crippen molar-refractivity contribution < 1.29 is 28.2 Å². The first-order valence-corrected chi connectivity index (χ1v) is 6.75. The number of carbonyl (C=O) groups is 3. The van der Waals surface area contributed by atoms with Crippen LogP contribution in [0.4, 0.5) is 9.18 Å². The number of halogens is 1. The molecular weight excluding hydrogens is 281 g/mol. The molecule has 0 aliphatic carbocycles. The highest BCUT2D eigenvalue weighted by Gasteiger charge is 2.49. The summed E-state index contributed by atoms with van der Waals surface area (Å²) in [5.41, 5.74) is -1.65. The number of carbonyl (C=O) groups excluding carboxylic acids is 3. The van der Waals surface area contributed by atoms with Gasteiger partial charge < -0.3 is 9.47 Å². The molecule has 2 atom stereocenters. The van der Waals surface area contributed by atoms with Gasteiger partial charge in [0.25, 0.3) is 5.91 Å². The Balaban J connectivity index is 2.94. The molecule has 1 heterocycles. The van der Waals surface area contributed by atoms with E-state index >= 15 is 0 Å². The molecule has 0 radical (unpaired) electrons. The molecule has 21 heavy (non-hydrogen) atoms. The van der Waals surface area contributed by atoms with Crippen molar-refractivity contribution in [2.24, 2.45) is 0 Å². The minimum atomic E-state index is -1.91. The molecule has 0 aromatic carbocycles. The average molecular weight is 303 g/mol. The van der Waals surface area contributed by atoms with Crippen LogP contribution in [0.25, 0.3) is 0 Å². The normalized spacial score (nSPS) is 23.2. The highest BCUT2D eigenvalue weighted by molar-refractivity contribution is 6.01. The topological polar surface area (TPSA) is 72.9 Å². The standard InChI is InChI=1S/C14H22FNO5/c1-13(2,3)20-11(18)9-7-8(15)10(17)16(9)12(19)21-14(4,5)6/h8-9H,7H2,1-6H3/t8-,9+/m1/s1. The summed E-state index contributed by atoms with van der Waals surface area (Å²) < 4.78 is 23.8. The van der Waals surface area contributed by atoms with E-state index in [2.05, 4.69) is 0 Å². The van der Waals surface area contributed by atoms with Crippen LogP contribution in [0.5, 0.6) is 0 Å². The Morgan fingerprint density at radius 1 is 1.10 bits per heavy atom. The summed E-state index contributed by atoms with van der Waals surface area (Å²) in [6.45, 7) is 9.77. The SMILES string of the molecule is CC(C)(C)OC(=O)[C@@H]1C[C@@H](F)C(=O)N1C(=O)OC(C)(C)C. The van der Waals surface area contributed by atoms with Crippen LogP contribution in [0.2, 0.25) is 0 Å². The number of rotatable bonds is 1. The fourth-order valence-electron chi connectivity index (χ4n) is 1.81. The van der Waals surface area contributed by atoms with Crippen LogP contribution in [0.15, 0.2) is 0 Å². The third kappa shape index (κ3) is 4.68. The van der Waals surface area contributed by atoms with E-state index in [1.807, 2.05) is 0 Å². The molecule has 0 aromatic heterocycles. The summed E-state index contributed by atoms with van der Waals surface area (Å²) in [5.74, 6) is -1.89. The van der Waals surface area contributed by atoms with Gasteiger partial charge in [-0.1, -0.05) is 0 Å². The second kappa shape index (κ2) is 5.61. The number of likely N-dealkylation sites (tertiary alicyclic amines) is 1. The molecule has 7 heteroatoms. The Bertz CT molecular complexity index is 449. The monoisotopic (exact) mass is 303 g/mol. The van der Waals surface area contributed by atoms with Crippen LogP contribution < -0.4 is 0 Å².